The Morgan fingerprint density at radius 2 is 1.91 bits per heavy atom. The summed E-state index contributed by atoms with van der Waals surface area (Å²) in [6.07, 6.45) is 4.14. The van der Waals surface area contributed by atoms with Gasteiger partial charge < -0.3 is 14.7 Å². The lowest BCUT2D eigenvalue weighted by atomic mass is 9.95. The molecule has 0 aliphatic carbocycles. The molecule has 2 aromatic carbocycles. The predicted molar refractivity (Wildman–Crippen MR) is 126 cm³/mol. The van der Waals surface area contributed by atoms with Crippen LogP contribution in [-0.4, -0.2) is 33.3 Å². The van der Waals surface area contributed by atoms with Crippen molar-refractivity contribution in [3.8, 4) is 5.75 Å². The zero-order valence-electron chi connectivity index (χ0n) is 18.1. The number of pyridine rings is 1. The Bertz CT molecular complexity index is 1190. The van der Waals surface area contributed by atoms with Crippen LogP contribution in [0.4, 0.5) is 0 Å². The lowest BCUT2D eigenvalue weighted by Crippen LogP contribution is -2.29. The van der Waals surface area contributed by atoms with Crippen molar-refractivity contribution in [2.45, 2.75) is 25.9 Å². The molecule has 1 fully saturated rings. The van der Waals surface area contributed by atoms with Crippen molar-refractivity contribution in [3.05, 3.63) is 100 Å². The summed E-state index contributed by atoms with van der Waals surface area (Å²) in [6, 6.07) is 16.6. The highest BCUT2D eigenvalue weighted by molar-refractivity contribution is 6.46. The molecule has 1 N–H and O–H groups in total. The number of aromatic nitrogens is 1. The fraction of sp³-hybridized carbons (Fsp3) is 0.192. The summed E-state index contributed by atoms with van der Waals surface area (Å²) in [5, 5.41) is 11.6. The monoisotopic (exact) mass is 462 g/mol. The standard InChI is InChI=1S/C26H23ClN2O4/c1-2-13-33-21-7-3-6-19(14-21)23-22(24(30)18-8-10-20(27)11-9-18)25(31)26(32)29(23)16-17-5-4-12-28-15-17/h3-12,14-15,23,30H,2,13,16H2,1H3/b24-22+/t23-/m0/s1. The third-order valence-electron chi connectivity index (χ3n) is 5.38. The first-order valence-corrected chi connectivity index (χ1v) is 11.0. The number of ketones is 1. The molecule has 0 spiro atoms. The SMILES string of the molecule is CCCOc1cccc([C@H]2/C(=C(\O)c3ccc(Cl)cc3)C(=O)C(=O)N2Cc2cccnc2)c1. The lowest BCUT2D eigenvalue weighted by Gasteiger charge is -2.25. The molecule has 1 aromatic heterocycles. The molecule has 33 heavy (non-hydrogen) atoms. The van der Waals surface area contributed by atoms with Gasteiger partial charge in [-0.2, -0.15) is 0 Å². The molecule has 2 heterocycles. The van der Waals surface area contributed by atoms with Gasteiger partial charge in [-0.15, -0.1) is 0 Å². The van der Waals surface area contributed by atoms with Gasteiger partial charge in [0, 0.05) is 29.5 Å². The third kappa shape index (κ3) is 4.76. The predicted octanol–water partition coefficient (Wildman–Crippen LogP) is 5.15. The smallest absolute Gasteiger partial charge is 0.295 e. The molecule has 6 nitrogen and oxygen atoms in total. The lowest BCUT2D eigenvalue weighted by molar-refractivity contribution is -0.140. The minimum absolute atomic E-state index is 0.0267. The first kappa shape index (κ1) is 22.6. The Morgan fingerprint density at radius 1 is 1.12 bits per heavy atom. The van der Waals surface area contributed by atoms with E-state index in [-0.39, 0.29) is 17.9 Å². The first-order chi connectivity index (χ1) is 16.0. The van der Waals surface area contributed by atoms with E-state index >= 15 is 0 Å². The van der Waals surface area contributed by atoms with Crippen LogP contribution >= 0.6 is 11.6 Å². The van der Waals surface area contributed by atoms with Crippen LogP contribution < -0.4 is 4.74 Å². The minimum Gasteiger partial charge on any atom is -0.507 e. The molecule has 0 unspecified atom stereocenters. The van der Waals surface area contributed by atoms with Crippen LogP contribution in [0.3, 0.4) is 0 Å². The molecule has 0 radical (unpaired) electrons. The van der Waals surface area contributed by atoms with E-state index < -0.39 is 17.7 Å². The average molecular weight is 463 g/mol. The highest BCUT2D eigenvalue weighted by Crippen LogP contribution is 2.41. The van der Waals surface area contributed by atoms with Gasteiger partial charge in [0.15, 0.2) is 0 Å². The summed E-state index contributed by atoms with van der Waals surface area (Å²) in [7, 11) is 0. The van der Waals surface area contributed by atoms with Crippen molar-refractivity contribution in [1.29, 1.82) is 0 Å². The number of benzene rings is 2. The molecule has 168 valence electrons. The van der Waals surface area contributed by atoms with E-state index in [4.69, 9.17) is 16.3 Å². The van der Waals surface area contributed by atoms with Crippen molar-refractivity contribution in [3.63, 3.8) is 0 Å². The Morgan fingerprint density at radius 3 is 2.61 bits per heavy atom. The van der Waals surface area contributed by atoms with Crippen molar-refractivity contribution in [2.75, 3.05) is 6.61 Å². The van der Waals surface area contributed by atoms with Gasteiger partial charge in [0.1, 0.15) is 11.5 Å². The maximum atomic E-state index is 13.1. The summed E-state index contributed by atoms with van der Waals surface area (Å²) in [5.74, 6) is -1.04. The number of carbonyl (C=O) groups is 2. The van der Waals surface area contributed by atoms with Crippen LogP contribution in [0.2, 0.25) is 5.02 Å². The molecular weight excluding hydrogens is 440 g/mol. The van der Waals surface area contributed by atoms with Crippen molar-refractivity contribution in [1.82, 2.24) is 9.88 Å². The van der Waals surface area contributed by atoms with E-state index in [1.54, 1.807) is 48.8 Å². The van der Waals surface area contributed by atoms with Crippen LogP contribution in [0.1, 0.15) is 36.1 Å². The Labute approximate surface area is 197 Å². The number of aliphatic hydroxyl groups is 1. The van der Waals surface area contributed by atoms with Crippen molar-refractivity contribution < 1.29 is 19.4 Å². The van der Waals surface area contributed by atoms with E-state index in [1.165, 1.54) is 4.90 Å². The van der Waals surface area contributed by atoms with Crippen LogP contribution in [-0.2, 0) is 16.1 Å². The van der Waals surface area contributed by atoms with Gasteiger partial charge in [0.2, 0.25) is 0 Å². The molecular formula is C26H23ClN2O4. The van der Waals surface area contributed by atoms with Crippen molar-refractivity contribution in [2.24, 2.45) is 0 Å². The fourth-order valence-electron chi connectivity index (χ4n) is 3.84. The highest BCUT2D eigenvalue weighted by atomic mass is 35.5. The number of Topliss-reactive ketones (excluding diaryl/α,β-unsaturated/α-hetero) is 1. The quantitative estimate of drug-likeness (QED) is 0.298. The second kappa shape index (κ2) is 9.88. The summed E-state index contributed by atoms with van der Waals surface area (Å²) in [4.78, 5) is 31.8. The van der Waals surface area contributed by atoms with Crippen LogP contribution in [0.15, 0.2) is 78.6 Å². The largest absolute Gasteiger partial charge is 0.507 e. The van der Waals surface area contributed by atoms with Crippen molar-refractivity contribution >= 4 is 29.1 Å². The zero-order valence-corrected chi connectivity index (χ0v) is 18.8. The van der Waals surface area contributed by atoms with Gasteiger partial charge in [-0.3, -0.25) is 14.6 Å². The van der Waals surface area contributed by atoms with E-state index in [9.17, 15) is 14.7 Å². The number of nitrogens with zero attached hydrogens (tertiary/aromatic N) is 2. The maximum absolute atomic E-state index is 13.1. The number of hydrogen-bond donors (Lipinski definition) is 1. The number of amides is 1. The molecule has 1 aliphatic heterocycles. The van der Waals surface area contributed by atoms with Gasteiger partial charge in [-0.25, -0.2) is 0 Å². The molecule has 1 atom stereocenters. The molecule has 0 bridgehead atoms. The van der Waals surface area contributed by atoms with Gasteiger partial charge in [-0.1, -0.05) is 36.7 Å². The molecule has 4 rings (SSSR count). The Kier molecular flexibility index (Phi) is 6.75. The topological polar surface area (TPSA) is 79.7 Å². The zero-order chi connectivity index (χ0) is 23.4. The average Bonchev–Trinajstić information content (AvgIpc) is 3.08. The van der Waals surface area contributed by atoms with Gasteiger partial charge in [0.25, 0.3) is 11.7 Å². The third-order valence-corrected chi connectivity index (χ3v) is 5.63. The van der Waals surface area contributed by atoms with E-state index in [0.29, 0.717) is 28.5 Å². The normalized spacial score (nSPS) is 17.4. The van der Waals surface area contributed by atoms with E-state index in [2.05, 4.69) is 4.98 Å². The van der Waals surface area contributed by atoms with E-state index in [0.717, 1.165) is 12.0 Å². The summed E-state index contributed by atoms with van der Waals surface area (Å²) in [6.45, 7) is 2.73. The fourth-order valence-corrected chi connectivity index (χ4v) is 3.96. The molecule has 1 aliphatic rings. The van der Waals surface area contributed by atoms with Crippen LogP contribution in [0.5, 0.6) is 5.75 Å². The molecule has 1 amide bonds. The number of carbonyl (C=O) groups excluding carboxylic acids is 2. The molecule has 7 heteroatoms. The summed E-state index contributed by atoms with van der Waals surface area (Å²) in [5.41, 5.74) is 1.87. The number of aliphatic hydroxyl groups excluding tert-OH is 1. The summed E-state index contributed by atoms with van der Waals surface area (Å²) >= 11 is 5.98. The Hall–Kier alpha value is -3.64. The van der Waals surface area contributed by atoms with Gasteiger partial charge >= 0.3 is 0 Å². The highest BCUT2D eigenvalue weighted by Gasteiger charge is 2.46. The number of likely N-dealkylation sites (tertiary alicyclic amines) is 1. The number of ether oxygens (including phenoxy) is 1. The number of hydrogen-bond acceptors (Lipinski definition) is 5. The summed E-state index contributed by atoms with van der Waals surface area (Å²) < 4.78 is 5.76. The minimum atomic E-state index is -0.786. The molecule has 3 aromatic rings. The second-order valence-electron chi connectivity index (χ2n) is 7.72. The number of rotatable bonds is 7. The molecule has 1 saturated heterocycles. The Balaban J connectivity index is 1.84. The van der Waals surface area contributed by atoms with Crippen LogP contribution in [0, 0.1) is 0 Å². The van der Waals surface area contributed by atoms with Crippen LogP contribution in [0.25, 0.3) is 5.76 Å². The molecule has 0 saturated carbocycles. The van der Waals surface area contributed by atoms with Gasteiger partial charge in [-0.05, 0) is 60.0 Å². The first-order valence-electron chi connectivity index (χ1n) is 10.7. The maximum Gasteiger partial charge on any atom is 0.295 e. The number of halogens is 1. The van der Waals surface area contributed by atoms with Gasteiger partial charge in [0.05, 0.1) is 18.2 Å². The second-order valence-corrected chi connectivity index (χ2v) is 8.15. The van der Waals surface area contributed by atoms with E-state index in [1.807, 2.05) is 31.2 Å².